The summed E-state index contributed by atoms with van der Waals surface area (Å²) in [7, 11) is 1.70. The lowest BCUT2D eigenvalue weighted by Crippen LogP contribution is -2.22. The van der Waals surface area contributed by atoms with Crippen LogP contribution in [-0.4, -0.2) is 29.3 Å². The Kier molecular flexibility index (Phi) is 4.44. The summed E-state index contributed by atoms with van der Waals surface area (Å²) in [4.78, 5) is 37.1. The minimum absolute atomic E-state index is 0.102. The second-order valence-corrected chi connectivity index (χ2v) is 7.66. The number of H-pyrrole nitrogens is 1. The van der Waals surface area contributed by atoms with E-state index >= 15 is 0 Å². The average molecular weight is 416 g/mol. The molecular formula is C21H16N6O2S. The summed E-state index contributed by atoms with van der Waals surface area (Å²) in [5.74, 6) is 0.979. The van der Waals surface area contributed by atoms with Crippen molar-refractivity contribution in [2.24, 2.45) is 7.05 Å². The van der Waals surface area contributed by atoms with E-state index < -0.39 is 0 Å². The molecule has 0 aliphatic rings. The van der Waals surface area contributed by atoms with Crippen molar-refractivity contribution in [2.45, 2.75) is 10.9 Å². The van der Waals surface area contributed by atoms with Gasteiger partial charge >= 0.3 is 0 Å². The van der Waals surface area contributed by atoms with Gasteiger partial charge in [0.15, 0.2) is 10.8 Å². The number of para-hydroxylation sites is 2. The van der Waals surface area contributed by atoms with Crippen LogP contribution in [0.15, 0.2) is 75.5 Å². The summed E-state index contributed by atoms with van der Waals surface area (Å²) in [6, 6.07) is 16.8. The number of hydrogen-bond acceptors (Lipinski definition) is 6. The van der Waals surface area contributed by atoms with Gasteiger partial charge in [-0.1, -0.05) is 42.1 Å². The number of thioether (sulfide) groups is 1. The summed E-state index contributed by atoms with van der Waals surface area (Å²) in [5, 5.41) is 5.74. The maximum atomic E-state index is 12.6. The van der Waals surface area contributed by atoms with Gasteiger partial charge in [0.25, 0.3) is 11.1 Å². The Morgan fingerprint density at radius 1 is 0.967 bits per heavy atom. The molecule has 30 heavy (non-hydrogen) atoms. The Bertz CT molecular complexity index is 1500. The molecule has 0 unspecified atom stereocenters. The zero-order chi connectivity index (χ0) is 20.7. The Morgan fingerprint density at radius 3 is 2.57 bits per heavy atom. The molecule has 1 N–H and O–H groups in total. The topological polar surface area (TPSA) is 98.5 Å². The van der Waals surface area contributed by atoms with Gasteiger partial charge in [0.2, 0.25) is 0 Å². The van der Waals surface area contributed by atoms with Crippen LogP contribution in [0.3, 0.4) is 0 Å². The number of nitrogens with one attached hydrogen (secondary N) is 1. The first-order valence-electron chi connectivity index (χ1n) is 9.23. The molecule has 0 amide bonds. The van der Waals surface area contributed by atoms with Crippen LogP contribution in [0, 0.1) is 0 Å². The molecule has 0 atom stereocenters. The van der Waals surface area contributed by atoms with Gasteiger partial charge in [0.1, 0.15) is 11.2 Å². The lowest BCUT2D eigenvalue weighted by molar-refractivity contribution is 0.783. The lowest BCUT2D eigenvalue weighted by atomic mass is 10.2. The van der Waals surface area contributed by atoms with Crippen molar-refractivity contribution in [1.29, 1.82) is 0 Å². The number of hydrogen-bond donors (Lipinski definition) is 1. The number of fused-ring (bicyclic) bond motifs is 2. The van der Waals surface area contributed by atoms with E-state index in [4.69, 9.17) is 0 Å². The average Bonchev–Trinajstić information content (AvgIpc) is 3.20. The molecule has 0 spiro atoms. The first-order chi connectivity index (χ1) is 14.6. The summed E-state index contributed by atoms with van der Waals surface area (Å²) in [5.41, 5.74) is 1.59. The van der Waals surface area contributed by atoms with E-state index in [0.29, 0.717) is 38.7 Å². The SMILES string of the molecule is Cn1c(CSc2nc3c(cnn3-c3ccccc3)c(=O)[nH]2)nc2ccccc2c1=O. The second kappa shape index (κ2) is 7.27. The standard InChI is InChI=1S/C21H16N6O2S/c1-26-17(23-16-10-6-5-9-14(16)20(26)29)12-30-21-24-18-15(19(28)25-21)11-22-27(18)13-7-3-2-4-8-13/h2-11H,12H2,1H3,(H,24,25,28). The number of nitrogens with zero attached hydrogens (tertiary/aromatic N) is 5. The number of rotatable bonds is 4. The molecule has 0 saturated carbocycles. The summed E-state index contributed by atoms with van der Waals surface area (Å²) < 4.78 is 3.17. The van der Waals surface area contributed by atoms with Crippen LogP contribution in [0.2, 0.25) is 0 Å². The fraction of sp³-hybridized carbons (Fsp3) is 0.0952. The smallest absolute Gasteiger partial charge is 0.262 e. The van der Waals surface area contributed by atoms with Crippen molar-refractivity contribution in [1.82, 2.24) is 29.3 Å². The first-order valence-corrected chi connectivity index (χ1v) is 10.2. The Balaban J connectivity index is 1.52. The quantitative estimate of drug-likeness (QED) is 0.357. The van der Waals surface area contributed by atoms with Crippen LogP contribution in [0.1, 0.15) is 5.82 Å². The maximum absolute atomic E-state index is 12.6. The zero-order valence-electron chi connectivity index (χ0n) is 15.9. The highest BCUT2D eigenvalue weighted by atomic mass is 32.2. The van der Waals surface area contributed by atoms with E-state index in [0.717, 1.165) is 5.69 Å². The minimum atomic E-state index is -0.259. The summed E-state index contributed by atoms with van der Waals surface area (Å²) >= 11 is 1.31. The van der Waals surface area contributed by atoms with Crippen molar-refractivity contribution in [3.63, 3.8) is 0 Å². The maximum Gasteiger partial charge on any atom is 0.262 e. The van der Waals surface area contributed by atoms with Gasteiger partial charge in [-0.25, -0.2) is 14.6 Å². The third-order valence-corrected chi connectivity index (χ3v) is 5.70. The third-order valence-electron chi connectivity index (χ3n) is 4.83. The largest absolute Gasteiger partial charge is 0.301 e. The first kappa shape index (κ1) is 18.3. The molecule has 3 aromatic heterocycles. The van der Waals surface area contributed by atoms with Crippen LogP contribution in [0.25, 0.3) is 27.6 Å². The molecule has 0 bridgehead atoms. The van der Waals surface area contributed by atoms with Crippen LogP contribution < -0.4 is 11.1 Å². The molecule has 0 fully saturated rings. The van der Waals surface area contributed by atoms with E-state index in [1.54, 1.807) is 17.8 Å². The molecule has 2 aromatic carbocycles. The molecule has 5 rings (SSSR count). The zero-order valence-corrected chi connectivity index (χ0v) is 16.8. The third kappa shape index (κ3) is 3.09. The normalized spacial score (nSPS) is 11.4. The Hall–Kier alpha value is -3.72. The van der Waals surface area contributed by atoms with Crippen molar-refractivity contribution >= 4 is 33.7 Å². The predicted molar refractivity (Wildman–Crippen MR) is 116 cm³/mol. The van der Waals surface area contributed by atoms with Gasteiger partial charge in [-0.3, -0.25) is 14.2 Å². The summed E-state index contributed by atoms with van der Waals surface area (Å²) in [6.45, 7) is 0. The van der Waals surface area contributed by atoms with Gasteiger partial charge in [0, 0.05) is 7.05 Å². The van der Waals surface area contributed by atoms with Crippen LogP contribution in [0.4, 0.5) is 0 Å². The molecule has 0 aliphatic carbocycles. The van der Waals surface area contributed by atoms with Gasteiger partial charge in [0.05, 0.1) is 28.5 Å². The van der Waals surface area contributed by atoms with E-state index in [2.05, 4.69) is 20.1 Å². The predicted octanol–water partition coefficient (Wildman–Crippen LogP) is 2.65. The van der Waals surface area contributed by atoms with E-state index in [-0.39, 0.29) is 11.1 Å². The molecule has 0 saturated heterocycles. The van der Waals surface area contributed by atoms with Gasteiger partial charge in [-0.15, -0.1) is 0 Å². The number of benzene rings is 2. The molecular weight excluding hydrogens is 400 g/mol. The van der Waals surface area contributed by atoms with Crippen LogP contribution in [-0.2, 0) is 12.8 Å². The number of aromatic amines is 1. The highest BCUT2D eigenvalue weighted by Crippen LogP contribution is 2.21. The van der Waals surface area contributed by atoms with Crippen molar-refractivity contribution in [2.75, 3.05) is 0 Å². The highest BCUT2D eigenvalue weighted by Gasteiger charge is 2.13. The second-order valence-electron chi connectivity index (χ2n) is 6.70. The fourth-order valence-electron chi connectivity index (χ4n) is 3.25. The van der Waals surface area contributed by atoms with Crippen molar-refractivity contribution in [3.8, 4) is 5.69 Å². The molecule has 3 heterocycles. The lowest BCUT2D eigenvalue weighted by Gasteiger charge is -2.09. The molecule has 0 radical (unpaired) electrons. The fourth-order valence-corrected chi connectivity index (χ4v) is 4.09. The van der Waals surface area contributed by atoms with Gasteiger partial charge in [-0.05, 0) is 24.3 Å². The molecule has 8 nitrogen and oxygen atoms in total. The number of aromatic nitrogens is 6. The highest BCUT2D eigenvalue weighted by molar-refractivity contribution is 7.98. The van der Waals surface area contributed by atoms with Crippen molar-refractivity contribution < 1.29 is 0 Å². The minimum Gasteiger partial charge on any atom is -0.301 e. The van der Waals surface area contributed by atoms with E-state index in [1.807, 2.05) is 48.5 Å². The van der Waals surface area contributed by atoms with E-state index in [9.17, 15) is 9.59 Å². The van der Waals surface area contributed by atoms with Crippen molar-refractivity contribution in [3.05, 3.63) is 87.3 Å². The molecule has 0 aliphatic heterocycles. The molecule has 148 valence electrons. The van der Waals surface area contributed by atoms with Crippen LogP contribution in [0.5, 0.6) is 0 Å². The van der Waals surface area contributed by atoms with Gasteiger partial charge < -0.3 is 4.98 Å². The van der Waals surface area contributed by atoms with E-state index in [1.165, 1.54) is 22.5 Å². The Morgan fingerprint density at radius 2 is 1.73 bits per heavy atom. The van der Waals surface area contributed by atoms with Gasteiger partial charge in [-0.2, -0.15) is 5.10 Å². The van der Waals surface area contributed by atoms with Crippen LogP contribution >= 0.6 is 11.8 Å². The summed E-state index contributed by atoms with van der Waals surface area (Å²) in [6.07, 6.45) is 1.51. The Labute approximate surface area is 174 Å². The monoisotopic (exact) mass is 416 g/mol. The molecule has 5 aromatic rings. The molecule has 9 heteroatoms.